The van der Waals surface area contributed by atoms with Gasteiger partial charge < -0.3 is 9.47 Å². The lowest BCUT2D eigenvalue weighted by Crippen LogP contribution is -2.42. The molecule has 3 rings (SSSR count). The van der Waals surface area contributed by atoms with Crippen molar-refractivity contribution in [2.45, 2.75) is 37.7 Å². The Labute approximate surface area is 153 Å². The van der Waals surface area contributed by atoms with E-state index < -0.39 is 28.1 Å². The van der Waals surface area contributed by atoms with E-state index in [-0.39, 0.29) is 28.9 Å². The van der Waals surface area contributed by atoms with Crippen molar-refractivity contribution < 1.29 is 27.5 Å². The normalized spacial score (nSPS) is 27.2. The number of nitrogens with zero attached hydrogens (tertiary/aromatic N) is 1. The number of hydrogen-bond acceptors (Lipinski definition) is 6. The van der Waals surface area contributed by atoms with Crippen molar-refractivity contribution >= 4 is 22.0 Å². The van der Waals surface area contributed by atoms with Crippen LogP contribution in [0.1, 0.15) is 37.0 Å². The molecule has 3 atom stereocenters. The molecule has 0 aromatic heterocycles. The number of hydrogen-bond donors (Lipinski definition) is 0. The second kappa shape index (κ2) is 7.36. The third kappa shape index (κ3) is 3.91. The number of cyclic esters (lactones) is 1. The molecule has 1 aromatic rings. The Morgan fingerprint density at radius 3 is 2.54 bits per heavy atom. The van der Waals surface area contributed by atoms with Gasteiger partial charge in [0.1, 0.15) is 0 Å². The van der Waals surface area contributed by atoms with Gasteiger partial charge in [-0.1, -0.05) is 19.9 Å². The van der Waals surface area contributed by atoms with E-state index in [9.17, 15) is 18.0 Å². The number of rotatable bonds is 4. The van der Waals surface area contributed by atoms with Gasteiger partial charge in [0.2, 0.25) is 16.1 Å². The lowest BCUT2D eigenvalue weighted by molar-refractivity contribution is -0.145. The molecule has 0 amide bonds. The quantitative estimate of drug-likeness (QED) is 0.739. The summed E-state index contributed by atoms with van der Waals surface area (Å²) in [7, 11) is -3.69. The van der Waals surface area contributed by atoms with Crippen LogP contribution < -0.4 is 0 Å². The van der Waals surface area contributed by atoms with E-state index in [1.54, 1.807) is 0 Å². The van der Waals surface area contributed by atoms with E-state index >= 15 is 0 Å². The highest BCUT2D eigenvalue weighted by Crippen LogP contribution is 2.27. The van der Waals surface area contributed by atoms with Crippen molar-refractivity contribution in [3.05, 3.63) is 29.8 Å². The fourth-order valence-corrected chi connectivity index (χ4v) is 5.24. The van der Waals surface area contributed by atoms with E-state index in [4.69, 9.17) is 9.47 Å². The smallest absolute Gasteiger partial charge is 0.347 e. The summed E-state index contributed by atoms with van der Waals surface area (Å²) in [6.07, 6.45) is 0.383. The molecule has 0 radical (unpaired) electrons. The molecule has 0 saturated carbocycles. The molecular formula is C18H23NO6S. The summed E-state index contributed by atoms with van der Waals surface area (Å²) >= 11 is 0. The van der Waals surface area contributed by atoms with Crippen LogP contribution in [-0.4, -0.2) is 50.5 Å². The van der Waals surface area contributed by atoms with Crippen molar-refractivity contribution in [1.29, 1.82) is 0 Å². The molecule has 7 nitrogen and oxygen atoms in total. The minimum Gasteiger partial charge on any atom is -0.463 e. The van der Waals surface area contributed by atoms with Crippen molar-refractivity contribution in [3.63, 3.8) is 0 Å². The summed E-state index contributed by atoms with van der Waals surface area (Å²) in [4.78, 5) is 23.8. The average molecular weight is 381 g/mol. The van der Waals surface area contributed by atoms with Crippen LogP contribution in [0.5, 0.6) is 0 Å². The molecule has 1 aromatic carbocycles. The predicted molar refractivity (Wildman–Crippen MR) is 92.9 cm³/mol. The van der Waals surface area contributed by atoms with Gasteiger partial charge in [-0.05, 0) is 36.5 Å². The maximum Gasteiger partial charge on any atom is 0.347 e. The van der Waals surface area contributed by atoms with E-state index in [1.165, 1.54) is 28.6 Å². The van der Waals surface area contributed by atoms with E-state index in [0.717, 1.165) is 6.42 Å². The first-order valence-electron chi connectivity index (χ1n) is 8.75. The van der Waals surface area contributed by atoms with Gasteiger partial charge >= 0.3 is 11.9 Å². The van der Waals surface area contributed by atoms with Crippen LogP contribution >= 0.6 is 0 Å². The van der Waals surface area contributed by atoms with Crippen molar-refractivity contribution in [1.82, 2.24) is 4.31 Å². The monoisotopic (exact) mass is 381 g/mol. The van der Waals surface area contributed by atoms with Crippen LogP contribution in [0.25, 0.3) is 0 Å². The summed E-state index contributed by atoms with van der Waals surface area (Å²) < 4.78 is 37.3. The highest BCUT2D eigenvalue weighted by atomic mass is 32.2. The van der Waals surface area contributed by atoms with Gasteiger partial charge in [-0.25, -0.2) is 18.0 Å². The van der Waals surface area contributed by atoms with Crippen LogP contribution in [-0.2, 0) is 24.3 Å². The number of benzene rings is 1. The zero-order valence-corrected chi connectivity index (χ0v) is 15.7. The first kappa shape index (κ1) is 18.8. The molecule has 2 fully saturated rings. The Balaban J connectivity index is 1.79. The SMILES string of the molecule is C[C@@H]1C[C@H](C)CN(S(=O)(=O)c2cccc(C(=O)O[C@H]3CCOC3=O)c2)C1. The maximum atomic E-state index is 12.9. The molecule has 8 heteroatoms. The van der Waals surface area contributed by atoms with E-state index in [1.807, 2.05) is 13.8 Å². The van der Waals surface area contributed by atoms with Crippen LogP contribution in [0, 0.1) is 11.8 Å². The van der Waals surface area contributed by atoms with Crippen LogP contribution in [0.3, 0.4) is 0 Å². The van der Waals surface area contributed by atoms with Gasteiger partial charge in [0.05, 0.1) is 17.1 Å². The predicted octanol–water partition coefficient (Wildman–Crippen LogP) is 1.83. The topological polar surface area (TPSA) is 90.0 Å². The van der Waals surface area contributed by atoms with Gasteiger partial charge in [-0.15, -0.1) is 0 Å². The van der Waals surface area contributed by atoms with Gasteiger partial charge in [-0.3, -0.25) is 0 Å². The highest BCUT2D eigenvalue weighted by molar-refractivity contribution is 7.89. The minimum absolute atomic E-state index is 0.0576. The summed E-state index contributed by atoms with van der Waals surface area (Å²) in [5.41, 5.74) is 0.101. The molecule has 2 aliphatic heterocycles. The van der Waals surface area contributed by atoms with Gasteiger partial charge in [0.25, 0.3) is 0 Å². The number of esters is 2. The molecule has 0 unspecified atom stereocenters. The minimum atomic E-state index is -3.69. The first-order chi connectivity index (χ1) is 12.3. The van der Waals surface area contributed by atoms with Crippen molar-refractivity contribution in [3.8, 4) is 0 Å². The number of ether oxygens (including phenoxy) is 2. The van der Waals surface area contributed by atoms with Gasteiger partial charge in [-0.2, -0.15) is 4.31 Å². The van der Waals surface area contributed by atoms with Gasteiger partial charge in [0, 0.05) is 19.5 Å². The summed E-state index contributed by atoms with van der Waals surface area (Å²) in [5, 5.41) is 0. The summed E-state index contributed by atoms with van der Waals surface area (Å²) in [5.74, 6) is -0.727. The van der Waals surface area contributed by atoms with Crippen LogP contribution in [0.4, 0.5) is 0 Å². The molecule has 2 saturated heterocycles. The molecule has 2 aliphatic rings. The summed E-state index contributed by atoms with van der Waals surface area (Å²) in [6.45, 7) is 5.22. The second-order valence-corrected chi connectivity index (χ2v) is 9.08. The average Bonchev–Trinajstić information content (AvgIpc) is 2.99. The van der Waals surface area contributed by atoms with Crippen molar-refractivity contribution in [2.75, 3.05) is 19.7 Å². The molecule has 0 bridgehead atoms. The van der Waals surface area contributed by atoms with E-state index in [2.05, 4.69) is 0 Å². The first-order valence-corrected chi connectivity index (χ1v) is 10.2. The molecule has 2 heterocycles. The lowest BCUT2D eigenvalue weighted by atomic mass is 9.94. The number of sulfonamides is 1. The highest BCUT2D eigenvalue weighted by Gasteiger charge is 2.33. The molecule has 142 valence electrons. The Kier molecular flexibility index (Phi) is 5.34. The number of carbonyl (C=O) groups excluding carboxylic acids is 2. The molecule has 0 spiro atoms. The third-order valence-corrected chi connectivity index (χ3v) is 6.51. The van der Waals surface area contributed by atoms with Crippen LogP contribution in [0.15, 0.2) is 29.2 Å². The Morgan fingerprint density at radius 2 is 1.92 bits per heavy atom. The standard InChI is InChI=1S/C18H23NO6S/c1-12-8-13(2)11-19(10-12)26(22,23)15-5-3-4-14(9-15)17(20)25-16-6-7-24-18(16)21/h3-5,9,12-13,16H,6-8,10-11H2,1-2H3/t12-,13+,16-/m0/s1. The lowest BCUT2D eigenvalue weighted by Gasteiger charge is -2.34. The number of piperidine rings is 1. The zero-order valence-electron chi connectivity index (χ0n) is 14.9. The van der Waals surface area contributed by atoms with Crippen molar-refractivity contribution in [2.24, 2.45) is 11.8 Å². The Bertz CT molecular complexity index is 796. The van der Waals surface area contributed by atoms with Gasteiger partial charge in [0.15, 0.2) is 0 Å². The zero-order chi connectivity index (χ0) is 18.9. The molecular weight excluding hydrogens is 358 g/mol. The molecule has 0 aliphatic carbocycles. The third-order valence-electron chi connectivity index (χ3n) is 4.68. The largest absolute Gasteiger partial charge is 0.463 e. The maximum absolute atomic E-state index is 12.9. The number of carbonyl (C=O) groups is 2. The summed E-state index contributed by atoms with van der Waals surface area (Å²) in [6, 6.07) is 5.76. The Morgan fingerprint density at radius 1 is 1.23 bits per heavy atom. The fourth-order valence-electron chi connectivity index (χ4n) is 3.52. The Hall–Kier alpha value is -1.93. The molecule has 26 heavy (non-hydrogen) atoms. The van der Waals surface area contributed by atoms with E-state index in [0.29, 0.717) is 19.5 Å². The molecule has 0 N–H and O–H groups in total. The second-order valence-electron chi connectivity index (χ2n) is 7.15. The van der Waals surface area contributed by atoms with Crippen LogP contribution in [0.2, 0.25) is 0 Å². The fraction of sp³-hybridized carbons (Fsp3) is 0.556.